The van der Waals surface area contributed by atoms with Gasteiger partial charge < -0.3 is 29.5 Å². The summed E-state index contributed by atoms with van der Waals surface area (Å²) in [5.41, 5.74) is 5.37. The quantitative estimate of drug-likeness (QED) is 0.403. The minimum Gasteiger partial charge on any atom is -0.497 e. The molecule has 0 saturated carbocycles. The first-order chi connectivity index (χ1) is 20.8. The predicted octanol–water partition coefficient (Wildman–Crippen LogP) is 5.67. The van der Waals surface area contributed by atoms with E-state index in [1.165, 1.54) is 0 Å². The highest BCUT2D eigenvalue weighted by Gasteiger charge is 2.42. The maximum Gasteiger partial charge on any atom is 0.242 e. The second-order valence-corrected chi connectivity index (χ2v) is 12.3. The van der Waals surface area contributed by atoms with Crippen LogP contribution in [-0.4, -0.2) is 63.5 Å². The van der Waals surface area contributed by atoms with E-state index >= 15 is 0 Å². The lowest BCUT2D eigenvalue weighted by molar-refractivity contribution is -0.130. The molecular weight excluding hydrogens is 540 g/mol. The van der Waals surface area contributed by atoms with Crippen molar-refractivity contribution >= 4 is 28.8 Å². The van der Waals surface area contributed by atoms with Crippen molar-refractivity contribution in [1.29, 1.82) is 0 Å². The first-order valence-electron chi connectivity index (χ1n) is 15.0. The lowest BCUT2D eigenvalue weighted by Crippen LogP contribution is -2.52. The first-order valence-corrected chi connectivity index (χ1v) is 15.0. The van der Waals surface area contributed by atoms with Crippen molar-refractivity contribution in [3.05, 3.63) is 89.6 Å². The van der Waals surface area contributed by atoms with Gasteiger partial charge in [-0.3, -0.25) is 9.59 Å². The van der Waals surface area contributed by atoms with Gasteiger partial charge in [-0.25, -0.2) is 0 Å². The maximum absolute atomic E-state index is 14.1. The number of para-hydroxylation sites is 2. The Hall–Kier alpha value is -4.46. The summed E-state index contributed by atoms with van der Waals surface area (Å²) in [6, 6.07) is 23.5. The van der Waals surface area contributed by atoms with Gasteiger partial charge in [0.1, 0.15) is 11.5 Å². The summed E-state index contributed by atoms with van der Waals surface area (Å²) in [5, 5.41) is 3.64. The molecule has 8 heteroatoms. The zero-order valence-electron chi connectivity index (χ0n) is 25.4. The van der Waals surface area contributed by atoms with E-state index in [2.05, 4.69) is 41.1 Å². The van der Waals surface area contributed by atoms with Crippen molar-refractivity contribution in [2.24, 2.45) is 5.41 Å². The summed E-state index contributed by atoms with van der Waals surface area (Å²) < 4.78 is 10.9. The molecule has 2 heterocycles. The molecular formula is C35H40N4O4. The van der Waals surface area contributed by atoms with Gasteiger partial charge in [0.25, 0.3) is 0 Å². The molecule has 1 unspecified atom stereocenters. The maximum atomic E-state index is 14.1. The van der Waals surface area contributed by atoms with Gasteiger partial charge >= 0.3 is 0 Å². The number of benzene rings is 3. The molecule has 2 aliphatic heterocycles. The van der Waals surface area contributed by atoms with Crippen LogP contribution < -0.4 is 24.6 Å². The highest BCUT2D eigenvalue weighted by molar-refractivity contribution is 6.02. The molecule has 8 nitrogen and oxygen atoms in total. The number of Topliss-reactive ketones (excluding diaryl/α,β-unsaturated/α-hetero) is 1. The van der Waals surface area contributed by atoms with Crippen molar-refractivity contribution in [2.45, 2.75) is 32.7 Å². The van der Waals surface area contributed by atoms with Gasteiger partial charge in [0.15, 0.2) is 5.78 Å². The minimum atomic E-state index is -0.436. The Morgan fingerprint density at radius 2 is 1.60 bits per heavy atom. The average Bonchev–Trinajstić information content (AvgIpc) is 3.15. The van der Waals surface area contributed by atoms with Gasteiger partial charge in [0.05, 0.1) is 38.2 Å². The van der Waals surface area contributed by atoms with Crippen LogP contribution >= 0.6 is 0 Å². The number of anilines is 3. The van der Waals surface area contributed by atoms with Crippen LogP contribution in [0.2, 0.25) is 0 Å². The van der Waals surface area contributed by atoms with Crippen LogP contribution in [0, 0.1) is 5.41 Å². The standard InChI is InChI=1S/C35H40N4O4/c1-35(2)21-29-33(31(40)22-35)34(24-8-7-9-27(20-24)43-4)39(30-11-6-5-10-28(30)36-29)23-32(41)38-18-16-37(17-19-38)25-12-14-26(42-3)15-13-25/h5-15,20,34,36H,16-19,21-23H2,1-4H3. The Morgan fingerprint density at radius 3 is 2.33 bits per heavy atom. The number of allylic oxidation sites excluding steroid dienone is 1. The van der Waals surface area contributed by atoms with Crippen LogP contribution in [0.1, 0.15) is 38.3 Å². The van der Waals surface area contributed by atoms with Crippen LogP contribution in [0.15, 0.2) is 84.1 Å². The number of piperazine rings is 1. The molecule has 0 aromatic heterocycles. The second kappa shape index (κ2) is 11.7. The number of hydrogen-bond acceptors (Lipinski definition) is 7. The predicted molar refractivity (Wildman–Crippen MR) is 170 cm³/mol. The lowest BCUT2D eigenvalue weighted by atomic mass is 9.73. The summed E-state index contributed by atoms with van der Waals surface area (Å²) in [6.07, 6.45) is 1.21. The number of ketones is 1. The largest absolute Gasteiger partial charge is 0.497 e. The van der Waals surface area contributed by atoms with Gasteiger partial charge in [0, 0.05) is 49.6 Å². The van der Waals surface area contributed by atoms with E-state index < -0.39 is 6.04 Å². The van der Waals surface area contributed by atoms with E-state index in [4.69, 9.17) is 9.47 Å². The normalized spacial score (nSPS) is 19.7. The number of nitrogens with one attached hydrogen (secondary N) is 1. The van der Waals surface area contributed by atoms with Crippen LogP contribution in [0.4, 0.5) is 17.1 Å². The molecule has 1 aliphatic carbocycles. The summed E-state index contributed by atoms with van der Waals surface area (Å²) in [6.45, 7) is 7.18. The molecule has 224 valence electrons. The van der Waals surface area contributed by atoms with Gasteiger partial charge in [-0.15, -0.1) is 0 Å². The third kappa shape index (κ3) is 5.78. The molecule has 1 N–H and O–H groups in total. The molecule has 3 aromatic carbocycles. The Labute approximate surface area is 253 Å². The number of carbonyl (C=O) groups is 2. The van der Waals surface area contributed by atoms with Crippen LogP contribution in [0.25, 0.3) is 0 Å². The molecule has 3 aliphatic rings. The number of ether oxygens (including phenoxy) is 2. The van der Waals surface area contributed by atoms with E-state index in [0.717, 1.165) is 64.9 Å². The van der Waals surface area contributed by atoms with Crippen molar-refractivity contribution in [3.63, 3.8) is 0 Å². The summed E-state index contributed by atoms with van der Waals surface area (Å²) in [5.74, 6) is 1.71. The third-order valence-corrected chi connectivity index (χ3v) is 8.79. The Bertz CT molecular complexity index is 1540. The van der Waals surface area contributed by atoms with Crippen molar-refractivity contribution in [1.82, 2.24) is 4.90 Å². The van der Waals surface area contributed by atoms with Gasteiger partial charge in [-0.05, 0) is 65.9 Å². The van der Waals surface area contributed by atoms with E-state index in [0.29, 0.717) is 19.5 Å². The highest BCUT2D eigenvalue weighted by atomic mass is 16.5. The van der Waals surface area contributed by atoms with Crippen LogP contribution in [-0.2, 0) is 9.59 Å². The summed E-state index contributed by atoms with van der Waals surface area (Å²) in [4.78, 5) is 34.4. The van der Waals surface area contributed by atoms with Crippen LogP contribution in [0.5, 0.6) is 11.5 Å². The minimum absolute atomic E-state index is 0.0460. The second-order valence-electron chi connectivity index (χ2n) is 12.3. The molecule has 1 atom stereocenters. The first kappa shape index (κ1) is 28.6. The number of amides is 1. The molecule has 1 fully saturated rings. The number of methoxy groups -OCH3 is 2. The van der Waals surface area contributed by atoms with E-state index in [1.54, 1.807) is 14.2 Å². The van der Waals surface area contributed by atoms with E-state index in [-0.39, 0.29) is 23.7 Å². The lowest BCUT2D eigenvalue weighted by Gasteiger charge is -2.40. The fraction of sp³-hybridized carbons (Fsp3) is 0.371. The Morgan fingerprint density at radius 1 is 0.884 bits per heavy atom. The van der Waals surface area contributed by atoms with Crippen molar-refractivity contribution < 1.29 is 19.1 Å². The van der Waals surface area contributed by atoms with E-state index in [9.17, 15) is 9.59 Å². The summed E-state index contributed by atoms with van der Waals surface area (Å²) >= 11 is 0. The Kier molecular flexibility index (Phi) is 7.77. The number of fused-ring (bicyclic) bond motifs is 1. The monoisotopic (exact) mass is 580 g/mol. The molecule has 43 heavy (non-hydrogen) atoms. The fourth-order valence-electron chi connectivity index (χ4n) is 6.64. The number of rotatable bonds is 6. The Balaban J connectivity index is 1.33. The van der Waals surface area contributed by atoms with Gasteiger partial charge in [0.2, 0.25) is 5.91 Å². The molecule has 1 amide bonds. The van der Waals surface area contributed by atoms with Crippen LogP contribution in [0.3, 0.4) is 0 Å². The molecule has 0 bridgehead atoms. The molecule has 3 aromatic rings. The third-order valence-electron chi connectivity index (χ3n) is 8.79. The number of carbonyl (C=O) groups excluding carboxylic acids is 2. The number of hydrogen-bond donors (Lipinski definition) is 1. The van der Waals surface area contributed by atoms with Gasteiger partial charge in [-0.1, -0.05) is 38.1 Å². The van der Waals surface area contributed by atoms with E-state index in [1.807, 2.05) is 65.6 Å². The van der Waals surface area contributed by atoms with Crippen molar-refractivity contribution in [2.75, 3.05) is 62.1 Å². The zero-order valence-corrected chi connectivity index (χ0v) is 25.4. The topological polar surface area (TPSA) is 74.4 Å². The van der Waals surface area contributed by atoms with Gasteiger partial charge in [-0.2, -0.15) is 0 Å². The average molecular weight is 581 g/mol. The van der Waals surface area contributed by atoms with Crippen molar-refractivity contribution in [3.8, 4) is 11.5 Å². The molecule has 0 radical (unpaired) electrons. The SMILES string of the molecule is COc1ccc(N2CCN(C(=O)CN3c4ccccc4NC4=C(C(=O)CC(C)(C)C4)C3c3cccc(OC)c3)CC2)cc1. The summed E-state index contributed by atoms with van der Waals surface area (Å²) in [7, 11) is 3.31. The number of nitrogens with zero attached hydrogens (tertiary/aromatic N) is 3. The molecule has 6 rings (SSSR count). The molecule has 0 spiro atoms. The zero-order chi connectivity index (χ0) is 30.1. The highest BCUT2D eigenvalue weighted by Crippen LogP contribution is 2.48. The molecule has 1 saturated heterocycles. The fourth-order valence-corrected chi connectivity index (χ4v) is 6.64. The smallest absolute Gasteiger partial charge is 0.242 e.